The van der Waals surface area contributed by atoms with Crippen LogP contribution in [-0.4, -0.2) is 45.1 Å². The van der Waals surface area contributed by atoms with Crippen LogP contribution < -0.4 is 0 Å². The third kappa shape index (κ3) is 6.81. The number of ether oxygens (including phenoxy) is 2. The molecule has 2 aliphatic rings. The molecule has 2 aliphatic heterocycles. The van der Waals surface area contributed by atoms with Gasteiger partial charge in [0.25, 0.3) is 0 Å². The van der Waals surface area contributed by atoms with Gasteiger partial charge in [0.1, 0.15) is 0 Å². The van der Waals surface area contributed by atoms with Crippen molar-refractivity contribution in [3.63, 3.8) is 0 Å². The molecular formula is C50H38N4O4. The van der Waals surface area contributed by atoms with Crippen LogP contribution >= 0.6 is 0 Å². The second-order valence-electron chi connectivity index (χ2n) is 13.8. The van der Waals surface area contributed by atoms with E-state index in [1.807, 2.05) is 97.1 Å². The highest BCUT2D eigenvalue weighted by molar-refractivity contribution is 6.01. The summed E-state index contributed by atoms with van der Waals surface area (Å²) in [5.74, 6) is -0.768. The van der Waals surface area contributed by atoms with Crippen LogP contribution in [0.15, 0.2) is 133 Å². The Morgan fingerprint density at radius 2 is 0.759 bits per heavy atom. The highest BCUT2D eigenvalue weighted by Gasteiger charge is 2.20. The summed E-state index contributed by atoms with van der Waals surface area (Å²) in [4.78, 5) is 44.1. The first-order valence-corrected chi connectivity index (χ1v) is 19.3. The Hall–Kier alpha value is -7.58. The number of rotatable bonds is 8. The monoisotopic (exact) mass is 758 g/mol. The van der Waals surface area contributed by atoms with Gasteiger partial charge in [-0.3, -0.25) is 0 Å². The van der Waals surface area contributed by atoms with Crippen molar-refractivity contribution in [2.45, 2.75) is 13.8 Å². The Morgan fingerprint density at radius 1 is 0.431 bits per heavy atom. The highest BCUT2D eigenvalue weighted by Crippen LogP contribution is 2.38. The van der Waals surface area contributed by atoms with Crippen LogP contribution in [-0.2, 0) is 9.47 Å². The Kier molecular flexibility index (Phi) is 9.65. The predicted molar refractivity (Wildman–Crippen MR) is 233 cm³/mol. The smallest absolute Gasteiger partial charge is 0.338 e. The second kappa shape index (κ2) is 15.5. The van der Waals surface area contributed by atoms with Crippen LogP contribution in [0.3, 0.4) is 0 Å². The number of hydrogen-bond acceptors (Lipinski definition) is 6. The minimum absolute atomic E-state index is 0.279. The van der Waals surface area contributed by atoms with Crippen LogP contribution in [0.4, 0.5) is 0 Å². The van der Waals surface area contributed by atoms with Gasteiger partial charge >= 0.3 is 11.9 Å². The topological polar surface area (TPSA) is 110 Å². The predicted octanol–water partition coefficient (Wildman–Crippen LogP) is 11.7. The summed E-state index contributed by atoms with van der Waals surface area (Å²) < 4.78 is 10.8. The third-order valence-electron chi connectivity index (χ3n) is 10.2. The van der Waals surface area contributed by atoms with E-state index >= 15 is 0 Å². The van der Waals surface area contributed by atoms with Crippen LogP contribution in [0.1, 0.15) is 57.3 Å². The molecule has 0 radical (unpaired) electrons. The van der Waals surface area contributed by atoms with Crippen molar-refractivity contribution in [3.05, 3.63) is 167 Å². The van der Waals surface area contributed by atoms with E-state index in [9.17, 15) is 9.59 Å². The number of hydrogen-bond donors (Lipinski definition) is 2. The molecule has 0 fully saturated rings. The van der Waals surface area contributed by atoms with Gasteiger partial charge in [-0.15, -0.1) is 0 Å². The number of aromatic amines is 2. The summed E-state index contributed by atoms with van der Waals surface area (Å²) in [7, 11) is 0. The molecule has 8 bridgehead atoms. The summed E-state index contributed by atoms with van der Waals surface area (Å²) in [6.45, 7) is 4.16. The largest absolute Gasteiger partial charge is 0.462 e. The van der Waals surface area contributed by atoms with E-state index in [0.29, 0.717) is 11.1 Å². The van der Waals surface area contributed by atoms with Gasteiger partial charge in [0.15, 0.2) is 0 Å². The molecule has 2 N–H and O–H groups in total. The van der Waals surface area contributed by atoms with E-state index in [1.165, 1.54) is 0 Å². The Bertz CT molecular complexity index is 2760. The maximum absolute atomic E-state index is 13.0. The van der Waals surface area contributed by atoms with E-state index in [2.05, 4.69) is 58.5 Å². The van der Waals surface area contributed by atoms with E-state index in [-0.39, 0.29) is 25.2 Å². The number of benzene rings is 4. The average Bonchev–Trinajstić information content (AvgIpc) is 4.10. The van der Waals surface area contributed by atoms with E-state index in [1.54, 1.807) is 26.0 Å². The fourth-order valence-corrected chi connectivity index (χ4v) is 7.66. The summed E-state index contributed by atoms with van der Waals surface area (Å²) in [5, 5.41) is 0. The quantitative estimate of drug-likeness (QED) is 0.149. The molecule has 0 atom stereocenters. The molecular weight excluding hydrogens is 721 g/mol. The zero-order valence-electron chi connectivity index (χ0n) is 32.0. The number of aromatic nitrogens is 4. The molecule has 0 unspecified atom stereocenters. The van der Waals surface area contributed by atoms with Gasteiger partial charge in [0.05, 0.1) is 47.1 Å². The molecule has 58 heavy (non-hydrogen) atoms. The van der Waals surface area contributed by atoms with Gasteiger partial charge in [0.2, 0.25) is 0 Å². The minimum atomic E-state index is -0.384. The number of H-pyrrole nitrogens is 2. The number of nitrogens with one attached hydrogen (secondary N) is 2. The van der Waals surface area contributed by atoms with Crippen molar-refractivity contribution >= 4 is 58.3 Å². The van der Waals surface area contributed by atoms with Crippen molar-refractivity contribution in [1.82, 2.24) is 19.9 Å². The Morgan fingerprint density at radius 3 is 1.10 bits per heavy atom. The molecule has 5 heterocycles. The van der Waals surface area contributed by atoms with Crippen molar-refractivity contribution < 1.29 is 19.1 Å². The average molecular weight is 759 g/mol. The fourth-order valence-electron chi connectivity index (χ4n) is 7.66. The molecule has 0 saturated heterocycles. The van der Waals surface area contributed by atoms with Crippen LogP contribution in [0.25, 0.3) is 90.9 Å². The Balaban J connectivity index is 1.43. The number of fused-ring (bicyclic) bond motifs is 8. The SMILES string of the molecule is CCOC(=O)c1cccc(-c2c3nc(c(-c4ccccc4)c4ccc([nH]4)c(-c4cccc(C(=O)OCC)c4)c4nc(c(-c5ccccc5)c5ccc2[nH]5)C=C4)C=C3)c1. The zero-order chi connectivity index (χ0) is 39.6. The third-order valence-corrected chi connectivity index (χ3v) is 10.2. The molecule has 8 nitrogen and oxygen atoms in total. The first kappa shape index (κ1) is 36.1. The van der Waals surface area contributed by atoms with Crippen molar-refractivity contribution in [2.24, 2.45) is 0 Å². The second-order valence-corrected chi connectivity index (χ2v) is 13.8. The molecule has 8 heteroatoms. The van der Waals surface area contributed by atoms with Crippen LogP contribution in [0.2, 0.25) is 0 Å². The maximum atomic E-state index is 13.0. The lowest BCUT2D eigenvalue weighted by atomic mass is 10.0. The molecule has 0 saturated carbocycles. The Labute approximate surface area is 335 Å². The van der Waals surface area contributed by atoms with Crippen LogP contribution in [0, 0.1) is 0 Å². The lowest BCUT2D eigenvalue weighted by Gasteiger charge is -2.08. The maximum Gasteiger partial charge on any atom is 0.338 e. The molecule has 4 aromatic carbocycles. The normalized spacial score (nSPS) is 11.8. The lowest BCUT2D eigenvalue weighted by molar-refractivity contribution is 0.0517. The molecule has 9 rings (SSSR count). The zero-order valence-corrected chi connectivity index (χ0v) is 32.0. The number of carbonyl (C=O) groups is 2. The first-order valence-electron chi connectivity index (χ1n) is 19.3. The van der Waals surface area contributed by atoms with Gasteiger partial charge in [-0.2, -0.15) is 0 Å². The summed E-state index contributed by atoms with van der Waals surface area (Å²) in [6.07, 6.45) is 8.12. The molecule has 0 spiro atoms. The molecule has 282 valence electrons. The van der Waals surface area contributed by atoms with E-state index < -0.39 is 0 Å². The van der Waals surface area contributed by atoms with Gasteiger partial charge in [0, 0.05) is 44.3 Å². The summed E-state index contributed by atoms with van der Waals surface area (Å²) >= 11 is 0. The number of esters is 2. The number of nitrogens with zero attached hydrogens (tertiary/aromatic N) is 2. The highest BCUT2D eigenvalue weighted by atomic mass is 16.5. The van der Waals surface area contributed by atoms with Gasteiger partial charge in [-0.25, -0.2) is 19.6 Å². The summed E-state index contributed by atoms with van der Waals surface area (Å²) in [5.41, 5.74) is 14.3. The van der Waals surface area contributed by atoms with Gasteiger partial charge in [-0.1, -0.05) is 84.9 Å². The first-order chi connectivity index (χ1) is 28.5. The summed E-state index contributed by atoms with van der Waals surface area (Å²) in [6, 6.07) is 43.6. The molecule has 3 aromatic heterocycles. The molecule has 7 aromatic rings. The fraction of sp³-hybridized carbons (Fsp3) is 0.0800. The standard InChI is InChI=1S/C50H38N4O4/c1-3-57-49(55)35-19-11-17-33(29-35)47-41-25-21-37(51-41)45(31-13-7-5-8-14-31)39-23-27-43(53-39)48(34-18-12-20-36(30-34)50(56)58-4-2)44-28-24-40(54-44)46(32-15-9-6-10-16-32)38-22-26-42(47)52-38/h5-30,51,54H,3-4H2,1-2H3. The van der Waals surface area contributed by atoms with Crippen molar-refractivity contribution in [1.29, 1.82) is 0 Å². The lowest BCUT2D eigenvalue weighted by Crippen LogP contribution is -2.04. The van der Waals surface area contributed by atoms with E-state index in [4.69, 9.17) is 19.4 Å². The molecule has 0 amide bonds. The van der Waals surface area contributed by atoms with Gasteiger partial charge in [-0.05, 0) is 109 Å². The van der Waals surface area contributed by atoms with Crippen LogP contribution in [0.5, 0.6) is 0 Å². The minimum Gasteiger partial charge on any atom is -0.462 e. The van der Waals surface area contributed by atoms with E-state index in [0.717, 1.165) is 89.4 Å². The van der Waals surface area contributed by atoms with Crippen molar-refractivity contribution in [2.75, 3.05) is 13.2 Å². The number of carbonyl (C=O) groups excluding carboxylic acids is 2. The molecule has 0 aliphatic carbocycles. The van der Waals surface area contributed by atoms with Crippen molar-refractivity contribution in [3.8, 4) is 44.5 Å². The van der Waals surface area contributed by atoms with Gasteiger partial charge < -0.3 is 19.4 Å².